The van der Waals surface area contributed by atoms with Crippen LogP contribution in [0.2, 0.25) is 0 Å². The zero-order chi connectivity index (χ0) is 18.7. The molecule has 7 heteroatoms. The molecule has 0 aromatic carbocycles. The molecule has 0 aliphatic heterocycles. The largest absolute Gasteiger partial charge is 0.465 e. The van der Waals surface area contributed by atoms with Crippen LogP contribution in [0, 0.1) is 13.8 Å². The van der Waals surface area contributed by atoms with Crippen molar-refractivity contribution >= 4 is 39.3 Å². The van der Waals surface area contributed by atoms with Crippen molar-refractivity contribution in [2.75, 3.05) is 6.61 Å². The van der Waals surface area contributed by atoms with Crippen LogP contribution in [-0.4, -0.2) is 27.4 Å². The van der Waals surface area contributed by atoms with Crippen LogP contribution in [0.25, 0.3) is 10.2 Å². The third kappa shape index (κ3) is 4.26. The molecule has 1 unspecified atom stereocenters. The third-order valence-electron chi connectivity index (χ3n) is 4.08. The highest BCUT2D eigenvalue weighted by molar-refractivity contribution is 8.00. The number of ether oxygens (including phenoxy) is 1. The van der Waals surface area contributed by atoms with Gasteiger partial charge in [-0.25, -0.2) is 4.98 Å². The van der Waals surface area contributed by atoms with Gasteiger partial charge >= 0.3 is 5.97 Å². The SMILES string of the molecule is CCCCOC(=O)C(C)Sc1nc2sc(C)c(C)c2c(=O)n1C(C)C. The predicted octanol–water partition coefficient (Wildman–Crippen LogP) is 4.48. The molecular formula is C18H26N2O3S2. The Hall–Kier alpha value is -1.34. The summed E-state index contributed by atoms with van der Waals surface area (Å²) in [4.78, 5) is 31.7. The number of nitrogens with zero attached hydrogens (tertiary/aromatic N) is 2. The molecule has 2 heterocycles. The normalized spacial score (nSPS) is 12.8. The average Bonchev–Trinajstić information content (AvgIpc) is 2.81. The van der Waals surface area contributed by atoms with E-state index in [2.05, 4.69) is 6.92 Å². The van der Waals surface area contributed by atoms with E-state index in [0.29, 0.717) is 17.1 Å². The molecule has 0 aliphatic carbocycles. The Labute approximate surface area is 156 Å². The number of hydrogen-bond donors (Lipinski definition) is 0. The molecule has 2 aromatic heterocycles. The van der Waals surface area contributed by atoms with Gasteiger partial charge in [0.05, 0.1) is 12.0 Å². The number of aromatic nitrogens is 2. The number of carbonyl (C=O) groups is 1. The molecular weight excluding hydrogens is 356 g/mol. The van der Waals surface area contributed by atoms with Gasteiger partial charge in [0.2, 0.25) is 0 Å². The Balaban J connectivity index is 2.38. The molecule has 0 radical (unpaired) electrons. The number of unbranched alkanes of at least 4 members (excludes halogenated alkanes) is 1. The van der Waals surface area contributed by atoms with E-state index >= 15 is 0 Å². The van der Waals surface area contributed by atoms with E-state index in [0.717, 1.165) is 28.1 Å². The summed E-state index contributed by atoms with van der Waals surface area (Å²) in [5, 5.41) is 0.862. The Bertz CT molecular complexity index is 824. The van der Waals surface area contributed by atoms with Crippen LogP contribution >= 0.6 is 23.1 Å². The summed E-state index contributed by atoms with van der Waals surface area (Å²) in [7, 11) is 0. The van der Waals surface area contributed by atoms with Gasteiger partial charge in [-0.15, -0.1) is 11.3 Å². The minimum atomic E-state index is -0.409. The smallest absolute Gasteiger partial charge is 0.319 e. The number of hydrogen-bond acceptors (Lipinski definition) is 6. The molecule has 0 spiro atoms. The maximum atomic E-state index is 13.0. The molecule has 0 saturated carbocycles. The van der Waals surface area contributed by atoms with Crippen molar-refractivity contribution in [2.45, 2.75) is 70.8 Å². The Morgan fingerprint density at radius 3 is 2.60 bits per heavy atom. The topological polar surface area (TPSA) is 61.2 Å². The molecule has 1 atom stereocenters. The maximum absolute atomic E-state index is 13.0. The molecule has 0 amide bonds. The van der Waals surface area contributed by atoms with Gasteiger partial charge in [0.15, 0.2) is 5.16 Å². The van der Waals surface area contributed by atoms with Gasteiger partial charge in [0, 0.05) is 10.9 Å². The van der Waals surface area contributed by atoms with E-state index in [1.54, 1.807) is 11.5 Å². The van der Waals surface area contributed by atoms with Crippen molar-refractivity contribution in [1.29, 1.82) is 0 Å². The van der Waals surface area contributed by atoms with Crippen molar-refractivity contribution in [2.24, 2.45) is 0 Å². The average molecular weight is 383 g/mol. The first-order valence-corrected chi connectivity index (χ1v) is 10.3. The lowest BCUT2D eigenvalue weighted by Crippen LogP contribution is -2.26. The molecule has 138 valence electrons. The van der Waals surface area contributed by atoms with Gasteiger partial charge in [-0.05, 0) is 46.6 Å². The highest BCUT2D eigenvalue weighted by atomic mass is 32.2. The fourth-order valence-corrected chi connectivity index (χ4v) is 4.58. The second kappa shape index (κ2) is 8.36. The first kappa shape index (κ1) is 20.0. The van der Waals surface area contributed by atoms with Crippen LogP contribution in [0.15, 0.2) is 9.95 Å². The molecule has 0 saturated heterocycles. The molecule has 25 heavy (non-hydrogen) atoms. The van der Waals surface area contributed by atoms with Gasteiger partial charge in [0.25, 0.3) is 5.56 Å². The molecule has 2 rings (SSSR count). The number of fused-ring (bicyclic) bond motifs is 1. The number of aryl methyl sites for hydroxylation is 2. The van der Waals surface area contributed by atoms with Crippen LogP contribution in [0.1, 0.15) is 57.0 Å². The molecule has 0 N–H and O–H groups in total. The van der Waals surface area contributed by atoms with Crippen LogP contribution in [-0.2, 0) is 9.53 Å². The van der Waals surface area contributed by atoms with E-state index in [1.165, 1.54) is 23.1 Å². The van der Waals surface area contributed by atoms with Crippen LogP contribution in [0.4, 0.5) is 0 Å². The highest BCUT2D eigenvalue weighted by Gasteiger charge is 2.23. The summed E-state index contributed by atoms with van der Waals surface area (Å²) in [5.74, 6) is -0.262. The van der Waals surface area contributed by atoms with Crippen molar-refractivity contribution < 1.29 is 9.53 Å². The van der Waals surface area contributed by atoms with Crippen LogP contribution in [0.3, 0.4) is 0 Å². The number of rotatable bonds is 7. The van der Waals surface area contributed by atoms with Crippen molar-refractivity contribution in [3.8, 4) is 0 Å². The number of thiophene rings is 1. The number of carbonyl (C=O) groups excluding carboxylic acids is 1. The van der Waals surface area contributed by atoms with Crippen LogP contribution in [0.5, 0.6) is 0 Å². The second-order valence-corrected chi connectivity index (χ2v) is 8.92. The van der Waals surface area contributed by atoms with Crippen molar-refractivity contribution in [3.05, 3.63) is 20.8 Å². The molecule has 2 aromatic rings. The fourth-order valence-electron chi connectivity index (χ4n) is 2.47. The predicted molar refractivity (Wildman–Crippen MR) is 105 cm³/mol. The standard InChI is InChI=1S/C18H26N2O3S2/c1-7-8-9-23-17(22)13(6)25-18-19-15-14(11(4)12(5)24-15)16(21)20(18)10(2)3/h10,13H,7-9H2,1-6H3. The zero-order valence-corrected chi connectivity index (χ0v) is 17.3. The minimum absolute atomic E-state index is 0.0316. The first-order chi connectivity index (χ1) is 11.8. The molecule has 5 nitrogen and oxygen atoms in total. The Morgan fingerprint density at radius 1 is 1.32 bits per heavy atom. The summed E-state index contributed by atoms with van der Waals surface area (Å²) in [6, 6.07) is -0.0326. The van der Waals surface area contributed by atoms with E-state index in [1.807, 2.05) is 27.7 Å². The second-order valence-electron chi connectivity index (χ2n) is 6.41. The third-order valence-corrected chi connectivity index (χ3v) is 6.22. The summed E-state index contributed by atoms with van der Waals surface area (Å²) < 4.78 is 6.97. The van der Waals surface area contributed by atoms with Gasteiger partial charge in [-0.1, -0.05) is 25.1 Å². The quantitative estimate of drug-likeness (QED) is 0.306. The summed E-state index contributed by atoms with van der Waals surface area (Å²) in [5.41, 5.74) is 0.964. The summed E-state index contributed by atoms with van der Waals surface area (Å²) >= 11 is 2.82. The zero-order valence-electron chi connectivity index (χ0n) is 15.7. The van der Waals surface area contributed by atoms with Crippen LogP contribution < -0.4 is 5.56 Å². The molecule has 0 aliphatic rings. The lowest BCUT2D eigenvalue weighted by atomic mass is 10.2. The van der Waals surface area contributed by atoms with E-state index in [9.17, 15) is 9.59 Å². The van der Waals surface area contributed by atoms with Crippen molar-refractivity contribution in [1.82, 2.24) is 9.55 Å². The van der Waals surface area contributed by atoms with E-state index < -0.39 is 5.25 Å². The fraction of sp³-hybridized carbons (Fsp3) is 0.611. The van der Waals surface area contributed by atoms with E-state index in [-0.39, 0.29) is 17.6 Å². The highest BCUT2D eigenvalue weighted by Crippen LogP contribution is 2.31. The summed E-state index contributed by atoms with van der Waals surface area (Å²) in [6.45, 7) is 12.2. The minimum Gasteiger partial charge on any atom is -0.465 e. The Morgan fingerprint density at radius 2 is 2.00 bits per heavy atom. The Kier molecular flexibility index (Phi) is 6.68. The summed E-state index contributed by atoms with van der Waals surface area (Å²) in [6.07, 6.45) is 1.84. The first-order valence-electron chi connectivity index (χ1n) is 8.63. The van der Waals surface area contributed by atoms with Crippen molar-refractivity contribution in [3.63, 3.8) is 0 Å². The lowest BCUT2D eigenvalue weighted by molar-refractivity contribution is -0.142. The van der Waals surface area contributed by atoms with Gasteiger partial charge < -0.3 is 4.74 Å². The maximum Gasteiger partial charge on any atom is 0.319 e. The monoisotopic (exact) mass is 382 g/mol. The van der Waals surface area contributed by atoms with Gasteiger partial charge in [0.1, 0.15) is 10.1 Å². The van der Waals surface area contributed by atoms with E-state index in [4.69, 9.17) is 9.72 Å². The van der Waals surface area contributed by atoms with Gasteiger partial charge in [-0.3, -0.25) is 14.2 Å². The number of thioether (sulfide) groups is 1. The van der Waals surface area contributed by atoms with Gasteiger partial charge in [-0.2, -0.15) is 0 Å². The molecule has 0 bridgehead atoms. The lowest BCUT2D eigenvalue weighted by Gasteiger charge is -2.17. The number of esters is 1. The molecule has 0 fully saturated rings.